The lowest BCUT2D eigenvalue weighted by Crippen LogP contribution is -2.37. The van der Waals surface area contributed by atoms with E-state index < -0.39 is 0 Å². The van der Waals surface area contributed by atoms with Gasteiger partial charge in [-0.2, -0.15) is 0 Å². The number of fused-ring (bicyclic) bond motifs is 1. The number of H-pyrrole nitrogens is 1. The number of hydrogen-bond donors (Lipinski definition) is 3. The van der Waals surface area contributed by atoms with Crippen molar-refractivity contribution in [3.05, 3.63) is 51.1 Å². The summed E-state index contributed by atoms with van der Waals surface area (Å²) in [4.78, 5) is 13.3. The number of benzene rings is 1. The van der Waals surface area contributed by atoms with Crippen LogP contribution in [0.4, 0.5) is 0 Å². The number of aromatic nitrogens is 2. The molecule has 0 aliphatic carbocycles. The first-order chi connectivity index (χ1) is 12.2. The maximum Gasteiger partial charge on any atom is 0.191 e. The van der Waals surface area contributed by atoms with Crippen molar-refractivity contribution >= 4 is 63.8 Å². The second kappa shape index (κ2) is 10.1. The third kappa shape index (κ3) is 5.34. The Balaban J connectivity index is 0.00000243. The predicted octanol–water partition coefficient (Wildman–Crippen LogP) is 4.37. The van der Waals surface area contributed by atoms with E-state index in [0.29, 0.717) is 6.54 Å². The van der Waals surface area contributed by atoms with E-state index in [4.69, 9.17) is 11.6 Å². The van der Waals surface area contributed by atoms with Crippen molar-refractivity contribution in [1.29, 1.82) is 0 Å². The van der Waals surface area contributed by atoms with Crippen LogP contribution in [0.25, 0.3) is 10.9 Å². The number of nitrogens with zero attached hydrogens (tertiary/aromatic N) is 2. The molecule has 3 N–H and O–H groups in total. The molecule has 140 valence electrons. The van der Waals surface area contributed by atoms with E-state index in [1.54, 1.807) is 18.4 Å². The van der Waals surface area contributed by atoms with Gasteiger partial charge in [-0.1, -0.05) is 18.5 Å². The average Bonchev–Trinajstić information content (AvgIpc) is 3.24. The minimum Gasteiger partial charge on any atom is -0.361 e. The van der Waals surface area contributed by atoms with Gasteiger partial charge in [-0.25, -0.2) is 4.98 Å². The maximum atomic E-state index is 6.10. The van der Waals surface area contributed by atoms with Gasteiger partial charge in [0.15, 0.2) is 5.96 Å². The van der Waals surface area contributed by atoms with Crippen molar-refractivity contribution in [2.24, 2.45) is 4.99 Å². The van der Waals surface area contributed by atoms with Gasteiger partial charge in [0.05, 0.1) is 6.54 Å². The molecule has 0 radical (unpaired) electrons. The number of aliphatic imine (C=N–C) groups is 1. The quantitative estimate of drug-likeness (QED) is 0.266. The number of rotatable bonds is 6. The van der Waals surface area contributed by atoms with Crippen LogP contribution in [-0.2, 0) is 19.4 Å². The molecule has 3 aromatic rings. The third-order valence-corrected chi connectivity index (χ3v) is 5.37. The summed E-state index contributed by atoms with van der Waals surface area (Å²) in [6, 6.07) is 5.91. The number of aryl methyl sites for hydroxylation is 1. The molecule has 0 fully saturated rings. The van der Waals surface area contributed by atoms with E-state index in [9.17, 15) is 0 Å². The number of halogens is 2. The van der Waals surface area contributed by atoms with Crippen molar-refractivity contribution in [3.63, 3.8) is 0 Å². The minimum absolute atomic E-state index is 0. The van der Waals surface area contributed by atoms with Crippen LogP contribution in [0.3, 0.4) is 0 Å². The Labute approximate surface area is 179 Å². The molecule has 26 heavy (non-hydrogen) atoms. The molecular formula is C18H23ClIN5S. The predicted molar refractivity (Wildman–Crippen MR) is 122 cm³/mol. The first-order valence-electron chi connectivity index (χ1n) is 8.33. The van der Waals surface area contributed by atoms with Gasteiger partial charge in [-0.05, 0) is 36.6 Å². The van der Waals surface area contributed by atoms with Crippen LogP contribution >= 0.6 is 46.9 Å². The minimum atomic E-state index is 0. The molecule has 0 atom stereocenters. The Morgan fingerprint density at radius 3 is 2.92 bits per heavy atom. The molecular weight excluding hydrogens is 481 g/mol. The molecule has 2 aromatic heterocycles. The van der Waals surface area contributed by atoms with Crippen LogP contribution in [0.15, 0.2) is 35.6 Å². The summed E-state index contributed by atoms with van der Waals surface area (Å²) in [6.45, 7) is 3.62. The highest BCUT2D eigenvalue weighted by Crippen LogP contribution is 2.22. The molecule has 0 saturated carbocycles. The largest absolute Gasteiger partial charge is 0.361 e. The van der Waals surface area contributed by atoms with Crippen LogP contribution in [0.1, 0.15) is 22.4 Å². The smallest absolute Gasteiger partial charge is 0.191 e. The van der Waals surface area contributed by atoms with E-state index in [2.05, 4.69) is 32.5 Å². The summed E-state index contributed by atoms with van der Waals surface area (Å²) in [5.74, 6) is 0.783. The van der Waals surface area contributed by atoms with Crippen LogP contribution < -0.4 is 10.6 Å². The van der Waals surface area contributed by atoms with Gasteiger partial charge in [0, 0.05) is 46.8 Å². The number of aromatic amines is 1. The standard InChI is InChI=1S/C18H22ClN5S.HI/c1-3-14-10-23-17(25-14)11-24-18(20-2)21-7-6-12-9-22-16-5-4-13(19)8-15(12)16;/h4-5,8-10,22H,3,6-7,11H2,1-2H3,(H2,20,21,24);1H. The summed E-state index contributed by atoms with van der Waals surface area (Å²) in [7, 11) is 1.78. The van der Waals surface area contributed by atoms with Crippen molar-refractivity contribution in [2.75, 3.05) is 13.6 Å². The fourth-order valence-corrected chi connectivity index (χ4v) is 3.62. The molecule has 0 saturated heterocycles. The van der Waals surface area contributed by atoms with Crippen LogP contribution in [0, 0.1) is 0 Å². The molecule has 1 aromatic carbocycles. The zero-order valence-corrected chi connectivity index (χ0v) is 18.7. The Morgan fingerprint density at radius 2 is 2.19 bits per heavy atom. The van der Waals surface area contributed by atoms with Crippen LogP contribution in [-0.4, -0.2) is 29.5 Å². The fourth-order valence-electron chi connectivity index (χ4n) is 2.65. The fraction of sp³-hybridized carbons (Fsp3) is 0.333. The van der Waals surface area contributed by atoms with E-state index in [0.717, 1.165) is 40.9 Å². The number of guanidine groups is 1. The Bertz CT molecular complexity index is 873. The molecule has 5 nitrogen and oxygen atoms in total. The monoisotopic (exact) mass is 503 g/mol. The second-order valence-corrected chi connectivity index (χ2v) is 7.32. The molecule has 3 rings (SSSR count). The Kier molecular flexibility index (Phi) is 8.17. The van der Waals surface area contributed by atoms with Gasteiger partial charge >= 0.3 is 0 Å². The lowest BCUT2D eigenvalue weighted by Gasteiger charge is -2.10. The lowest BCUT2D eigenvalue weighted by atomic mass is 10.1. The molecule has 2 heterocycles. The van der Waals surface area contributed by atoms with E-state index in [-0.39, 0.29) is 24.0 Å². The van der Waals surface area contributed by atoms with Crippen molar-refractivity contribution in [2.45, 2.75) is 26.3 Å². The van der Waals surface area contributed by atoms with Gasteiger partial charge in [0.25, 0.3) is 0 Å². The molecule has 0 bridgehead atoms. The Hall–Kier alpha value is -1.32. The topological polar surface area (TPSA) is 65.1 Å². The molecule has 0 unspecified atom stereocenters. The molecule has 0 spiro atoms. The highest BCUT2D eigenvalue weighted by atomic mass is 127. The van der Waals surface area contributed by atoms with E-state index in [1.165, 1.54) is 15.8 Å². The van der Waals surface area contributed by atoms with Gasteiger partial charge in [-0.15, -0.1) is 35.3 Å². The summed E-state index contributed by atoms with van der Waals surface area (Å²) in [6.07, 6.45) is 5.90. The average molecular weight is 504 g/mol. The van der Waals surface area contributed by atoms with Crippen molar-refractivity contribution < 1.29 is 0 Å². The van der Waals surface area contributed by atoms with Gasteiger partial charge in [0.2, 0.25) is 0 Å². The normalized spacial score (nSPS) is 11.4. The summed E-state index contributed by atoms with van der Waals surface area (Å²) in [5, 5.41) is 9.66. The summed E-state index contributed by atoms with van der Waals surface area (Å²) >= 11 is 7.84. The number of nitrogens with one attached hydrogen (secondary N) is 3. The lowest BCUT2D eigenvalue weighted by molar-refractivity contribution is 0.793. The number of thiazole rings is 1. The summed E-state index contributed by atoms with van der Waals surface area (Å²) in [5.41, 5.74) is 2.35. The zero-order chi connectivity index (χ0) is 17.6. The van der Waals surface area contributed by atoms with E-state index in [1.807, 2.05) is 30.6 Å². The highest BCUT2D eigenvalue weighted by molar-refractivity contribution is 14.0. The summed E-state index contributed by atoms with van der Waals surface area (Å²) < 4.78 is 0. The van der Waals surface area contributed by atoms with Crippen molar-refractivity contribution in [3.8, 4) is 0 Å². The number of hydrogen-bond acceptors (Lipinski definition) is 3. The second-order valence-electron chi connectivity index (χ2n) is 5.68. The Morgan fingerprint density at radius 1 is 1.35 bits per heavy atom. The first-order valence-corrected chi connectivity index (χ1v) is 9.52. The van der Waals surface area contributed by atoms with Gasteiger partial charge in [0.1, 0.15) is 5.01 Å². The highest BCUT2D eigenvalue weighted by Gasteiger charge is 2.06. The molecule has 0 amide bonds. The van der Waals surface area contributed by atoms with Gasteiger partial charge < -0.3 is 15.6 Å². The van der Waals surface area contributed by atoms with Crippen LogP contribution in [0.5, 0.6) is 0 Å². The SMILES string of the molecule is CCc1cnc(CNC(=NC)NCCc2c[nH]c3ccc(Cl)cc23)s1.I. The van der Waals surface area contributed by atoms with Crippen molar-refractivity contribution in [1.82, 2.24) is 20.6 Å². The first kappa shape index (κ1) is 21.0. The van der Waals surface area contributed by atoms with Crippen LogP contribution in [0.2, 0.25) is 5.02 Å². The molecule has 0 aliphatic heterocycles. The van der Waals surface area contributed by atoms with Gasteiger partial charge in [-0.3, -0.25) is 4.99 Å². The van der Waals surface area contributed by atoms with E-state index >= 15 is 0 Å². The molecule has 8 heteroatoms. The zero-order valence-electron chi connectivity index (χ0n) is 14.8. The molecule has 0 aliphatic rings. The third-order valence-electron chi connectivity index (χ3n) is 4.00. The maximum absolute atomic E-state index is 6.10.